The van der Waals surface area contributed by atoms with Gasteiger partial charge in [-0.05, 0) is 89.2 Å². The van der Waals surface area contributed by atoms with Crippen LogP contribution in [0.2, 0.25) is 20.1 Å². The summed E-state index contributed by atoms with van der Waals surface area (Å²) >= 11 is 25.4. The maximum atomic E-state index is 13.9. The van der Waals surface area contributed by atoms with E-state index in [0.29, 0.717) is 98.1 Å². The fraction of sp³-hybridized carbons (Fsp3) is 0.220. The molecule has 0 spiro atoms. The van der Waals surface area contributed by atoms with Crippen molar-refractivity contribution >= 4 is 70.1 Å². The molecule has 10 heteroatoms. The first kappa shape index (κ1) is 43.3. The zero-order valence-corrected chi connectivity index (χ0v) is 36.6. The van der Waals surface area contributed by atoms with E-state index >= 15 is 0 Å². The molecule has 6 nitrogen and oxygen atoms in total. The molecule has 0 bridgehead atoms. The summed E-state index contributed by atoms with van der Waals surface area (Å²) in [6.07, 6.45) is 7.04. The van der Waals surface area contributed by atoms with E-state index in [1.807, 2.05) is 72.8 Å². The SMILES string of the molecule is CC(C)COCc1ccccc1C1=CC(C=c2c(=O)c(=Cc3cc(-c4ccc(Cl)c(Cl)c4)[o+]c(-c4ccccc4COCC(C)C)c3)c2=O)C=C(c2ccc(Cl)c(Cl)c2)O1. The van der Waals surface area contributed by atoms with Crippen LogP contribution in [0.1, 0.15) is 55.5 Å². The number of ether oxygens (including phenoxy) is 3. The number of benzene rings is 4. The van der Waals surface area contributed by atoms with Crippen LogP contribution in [0.3, 0.4) is 0 Å². The van der Waals surface area contributed by atoms with E-state index < -0.39 is 5.92 Å². The van der Waals surface area contributed by atoms with Gasteiger partial charge in [0.25, 0.3) is 0 Å². The highest BCUT2D eigenvalue weighted by Crippen LogP contribution is 2.37. The molecule has 1 aliphatic heterocycles. The molecule has 0 saturated carbocycles. The van der Waals surface area contributed by atoms with E-state index in [9.17, 15) is 9.59 Å². The van der Waals surface area contributed by atoms with Gasteiger partial charge in [0.2, 0.25) is 10.9 Å². The predicted molar refractivity (Wildman–Crippen MR) is 245 cm³/mol. The van der Waals surface area contributed by atoms with E-state index in [0.717, 1.165) is 22.3 Å². The second-order valence-corrected chi connectivity index (χ2v) is 17.2. The van der Waals surface area contributed by atoms with Crippen molar-refractivity contribution in [1.82, 2.24) is 0 Å². The van der Waals surface area contributed by atoms with E-state index in [1.54, 1.807) is 48.6 Å². The normalized spacial score (nSPS) is 14.0. The number of halogens is 4. The van der Waals surface area contributed by atoms with Gasteiger partial charge in [-0.2, -0.15) is 0 Å². The number of hydrogen-bond donors (Lipinski definition) is 0. The first-order chi connectivity index (χ1) is 28.8. The highest BCUT2D eigenvalue weighted by molar-refractivity contribution is 6.42. The Morgan fingerprint density at radius 3 is 1.77 bits per heavy atom. The monoisotopic (exact) mass is 879 g/mol. The van der Waals surface area contributed by atoms with Crippen molar-refractivity contribution < 1.29 is 18.6 Å². The Bertz CT molecular complexity index is 2780. The van der Waals surface area contributed by atoms with Crippen molar-refractivity contribution in [2.24, 2.45) is 17.8 Å². The van der Waals surface area contributed by atoms with Crippen molar-refractivity contribution in [2.75, 3.05) is 13.2 Å². The standard InChI is InChI=1S/C50H43Cl4O6/c1-29(2)25-57-27-35-9-5-7-11-37(35)47-21-31(19-45(59-47)33-13-15-41(51)43(53)23-33)17-39-49(55)40(50(39)56)18-32-20-46(34-14-16-42(52)44(54)24-34)60-48(22-32)38-12-8-6-10-36(38)28-58-26-30(3)4/h5-24,29-31H,25-28H2,1-4H3/q+1. The molecule has 60 heavy (non-hydrogen) atoms. The summed E-state index contributed by atoms with van der Waals surface area (Å²) in [6.45, 7) is 10.4. The first-order valence-corrected chi connectivity index (χ1v) is 21.2. The smallest absolute Gasteiger partial charge is 0.361 e. The Morgan fingerprint density at radius 1 is 0.617 bits per heavy atom. The van der Waals surface area contributed by atoms with Gasteiger partial charge in [-0.15, -0.1) is 0 Å². The van der Waals surface area contributed by atoms with Crippen LogP contribution < -0.4 is 21.3 Å². The number of rotatable bonds is 14. The van der Waals surface area contributed by atoms with Crippen LogP contribution in [-0.4, -0.2) is 13.2 Å². The fourth-order valence-electron chi connectivity index (χ4n) is 6.82. The minimum Gasteiger partial charge on any atom is -0.457 e. The third-order valence-corrected chi connectivity index (χ3v) is 11.2. The molecule has 0 N–H and O–H groups in total. The molecule has 1 unspecified atom stereocenters. The predicted octanol–water partition coefficient (Wildman–Crippen LogP) is 11.8. The van der Waals surface area contributed by atoms with E-state index in [-0.39, 0.29) is 21.3 Å². The van der Waals surface area contributed by atoms with Gasteiger partial charge in [0.15, 0.2) is 0 Å². The van der Waals surface area contributed by atoms with Gasteiger partial charge < -0.3 is 14.2 Å². The van der Waals surface area contributed by atoms with Crippen LogP contribution in [0, 0.1) is 17.8 Å². The van der Waals surface area contributed by atoms with Crippen LogP contribution in [0.4, 0.5) is 0 Å². The second-order valence-electron chi connectivity index (χ2n) is 15.5. The molecule has 0 amide bonds. The van der Waals surface area contributed by atoms with E-state index in [1.165, 1.54) is 0 Å². The molecule has 1 atom stereocenters. The van der Waals surface area contributed by atoms with Crippen molar-refractivity contribution in [2.45, 2.75) is 40.9 Å². The molecule has 0 fully saturated rings. The summed E-state index contributed by atoms with van der Waals surface area (Å²) in [5, 5.41) is 1.69. The van der Waals surface area contributed by atoms with E-state index in [4.69, 9.17) is 65.0 Å². The summed E-state index contributed by atoms with van der Waals surface area (Å²) in [6, 6.07) is 29.7. The lowest BCUT2D eigenvalue weighted by Gasteiger charge is -2.23. The average molecular weight is 882 g/mol. The minimum atomic E-state index is -0.481. The van der Waals surface area contributed by atoms with Crippen LogP contribution in [-0.2, 0) is 27.4 Å². The Hall–Kier alpha value is -4.79. The molecule has 0 aliphatic carbocycles. The van der Waals surface area contributed by atoms with Gasteiger partial charge in [-0.1, -0.05) is 123 Å². The molecule has 7 rings (SSSR count). The molecular weight excluding hydrogens is 838 g/mol. The van der Waals surface area contributed by atoms with Gasteiger partial charge in [-0.3, -0.25) is 9.59 Å². The lowest BCUT2D eigenvalue weighted by Crippen LogP contribution is -2.64. The largest absolute Gasteiger partial charge is 0.457 e. The summed E-state index contributed by atoms with van der Waals surface area (Å²) in [4.78, 5) is 27.9. The van der Waals surface area contributed by atoms with Crippen molar-refractivity contribution in [3.8, 4) is 22.6 Å². The fourth-order valence-corrected chi connectivity index (χ4v) is 7.41. The molecule has 0 saturated heterocycles. The maximum absolute atomic E-state index is 13.9. The summed E-state index contributed by atoms with van der Waals surface area (Å²) in [5.74, 6) is 2.33. The van der Waals surface area contributed by atoms with Gasteiger partial charge in [0.1, 0.15) is 11.5 Å². The zero-order valence-electron chi connectivity index (χ0n) is 33.6. The Labute approximate surface area is 369 Å². The van der Waals surface area contributed by atoms with Gasteiger partial charge in [0.05, 0.1) is 67.0 Å². The van der Waals surface area contributed by atoms with Crippen LogP contribution in [0.5, 0.6) is 0 Å². The van der Waals surface area contributed by atoms with E-state index in [2.05, 4.69) is 27.7 Å². The molecule has 6 aromatic rings. The first-order valence-electron chi connectivity index (χ1n) is 19.7. The Morgan fingerprint density at radius 2 is 1.15 bits per heavy atom. The molecule has 5 aromatic carbocycles. The molecule has 1 aliphatic rings. The lowest BCUT2D eigenvalue weighted by molar-refractivity contribution is 0.0968. The summed E-state index contributed by atoms with van der Waals surface area (Å²) in [5.41, 5.74) is 4.73. The van der Waals surface area contributed by atoms with Crippen molar-refractivity contribution in [1.29, 1.82) is 0 Å². The van der Waals surface area contributed by atoms with Crippen LogP contribution >= 0.6 is 46.4 Å². The lowest BCUT2D eigenvalue weighted by atomic mass is 9.95. The van der Waals surface area contributed by atoms with Gasteiger partial charge in [0, 0.05) is 30.3 Å². The average Bonchev–Trinajstić information content (AvgIpc) is 3.23. The van der Waals surface area contributed by atoms with Crippen molar-refractivity contribution in [3.63, 3.8) is 0 Å². The third kappa shape index (κ3) is 10.2. The van der Waals surface area contributed by atoms with Gasteiger partial charge >= 0.3 is 11.5 Å². The maximum Gasteiger partial charge on any atom is 0.361 e. The Kier molecular flexibility index (Phi) is 13.9. The molecular formula is C50H43Cl4O6+. The topological polar surface area (TPSA) is 73.1 Å². The van der Waals surface area contributed by atoms with Crippen LogP contribution in [0.15, 0.2) is 123 Å². The highest BCUT2D eigenvalue weighted by Gasteiger charge is 2.25. The second kappa shape index (κ2) is 19.3. The summed E-state index contributed by atoms with van der Waals surface area (Å²) < 4.78 is 25.0. The molecule has 0 radical (unpaired) electrons. The van der Waals surface area contributed by atoms with Gasteiger partial charge in [-0.25, -0.2) is 4.42 Å². The zero-order chi connectivity index (χ0) is 42.5. The summed E-state index contributed by atoms with van der Waals surface area (Å²) in [7, 11) is 0. The highest BCUT2D eigenvalue weighted by atomic mass is 35.5. The molecule has 306 valence electrons. The third-order valence-electron chi connectivity index (χ3n) is 9.76. The van der Waals surface area contributed by atoms with Crippen molar-refractivity contribution in [3.05, 3.63) is 188 Å². The number of hydrogen-bond acceptors (Lipinski definition) is 5. The molecule has 1 aromatic heterocycles. The minimum absolute atomic E-state index is 0.0598. The Balaban J connectivity index is 1.31. The number of allylic oxidation sites excluding steroid dienone is 2. The van der Waals surface area contributed by atoms with Crippen LogP contribution in [0.25, 0.3) is 46.3 Å². The quantitative estimate of drug-likeness (QED) is 0.102. The molecule has 2 heterocycles.